The van der Waals surface area contributed by atoms with E-state index >= 15 is 0 Å². The first-order chi connectivity index (χ1) is 8.74. The highest BCUT2D eigenvalue weighted by atomic mass is 35.5. The zero-order valence-corrected chi connectivity index (χ0v) is 11.4. The summed E-state index contributed by atoms with van der Waals surface area (Å²) in [4.78, 5) is 13.2. The maximum absolute atomic E-state index is 6.05. The SMILES string of the molecule is CCCc1cc(Cl)nc(-c2ncccc2CC)n1. The van der Waals surface area contributed by atoms with E-state index < -0.39 is 0 Å². The largest absolute Gasteiger partial charge is 0.253 e. The van der Waals surface area contributed by atoms with Crippen LogP contribution in [0.3, 0.4) is 0 Å². The van der Waals surface area contributed by atoms with Crippen molar-refractivity contribution in [3.63, 3.8) is 0 Å². The summed E-state index contributed by atoms with van der Waals surface area (Å²) in [5.74, 6) is 0.628. The Kier molecular flexibility index (Phi) is 4.26. The molecule has 0 spiro atoms. The molecule has 0 aliphatic carbocycles. The topological polar surface area (TPSA) is 38.7 Å². The average molecular weight is 262 g/mol. The van der Waals surface area contributed by atoms with Crippen LogP contribution in [0.2, 0.25) is 5.15 Å². The maximum atomic E-state index is 6.05. The fraction of sp³-hybridized carbons (Fsp3) is 0.357. The third-order valence-corrected chi connectivity index (χ3v) is 2.93. The molecule has 0 aliphatic heterocycles. The second kappa shape index (κ2) is 5.91. The monoisotopic (exact) mass is 261 g/mol. The number of aromatic nitrogens is 3. The zero-order chi connectivity index (χ0) is 13.0. The summed E-state index contributed by atoms with van der Waals surface area (Å²) in [6.07, 6.45) is 4.61. The van der Waals surface area contributed by atoms with Crippen LogP contribution in [-0.4, -0.2) is 15.0 Å². The first-order valence-corrected chi connectivity index (χ1v) is 6.60. The highest BCUT2D eigenvalue weighted by molar-refractivity contribution is 6.29. The third-order valence-electron chi connectivity index (χ3n) is 2.74. The molecule has 0 radical (unpaired) electrons. The van der Waals surface area contributed by atoms with Gasteiger partial charge in [0.1, 0.15) is 10.8 Å². The van der Waals surface area contributed by atoms with Crippen LogP contribution in [-0.2, 0) is 12.8 Å². The molecule has 94 valence electrons. The summed E-state index contributed by atoms with van der Waals surface area (Å²) in [5.41, 5.74) is 2.95. The Morgan fingerprint density at radius 2 is 2.06 bits per heavy atom. The van der Waals surface area contributed by atoms with Crippen LogP contribution in [0.4, 0.5) is 0 Å². The van der Waals surface area contributed by atoms with Gasteiger partial charge in [0.15, 0.2) is 5.82 Å². The van der Waals surface area contributed by atoms with E-state index in [9.17, 15) is 0 Å². The summed E-state index contributed by atoms with van der Waals surface area (Å²) in [5, 5.41) is 0.483. The lowest BCUT2D eigenvalue weighted by molar-refractivity contribution is 0.873. The highest BCUT2D eigenvalue weighted by Crippen LogP contribution is 2.20. The molecule has 0 aromatic carbocycles. The van der Waals surface area contributed by atoms with Gasteiger partial charge < -0.3 is 0 Å². The number of nitrogens with zero attached hydrogens (tertiary/aromatic N) is 3. The van der Waals surface area contributed by atoms with Gasteiger partial charge in [-0.1, -0.05) is 37.9 Å². The molecule has 0 atom stereocenters. The predicted octanol–water partition coefficient (Wildman–Crippen LogP) is 3.71. The predicted molar refractivity (Wildman–Crippen MR) is 73.6 cm³/mol. The van der Waals surface area contributed by atoms with Crippen LogP contribution >= 0.6 is 11.6 Å². The minimum absolute atomic E-state index is 0.483. The van der Waals surface area contributed by atoms with E-state index in [1.54, 1.807) is 6.20 Å². The quantitative estimate of drug-likeness (QED) is 0.788. The fourth-order valence-corrected chi connectivity index (χ4v) is 2.09. The maximum Gasteiger partial charge on any atom is 0.180 e. The third kappa shape index (κ3) is 2.85. The van der Waals surface area contributed by atoms with E-state index in [1.807, 2.05) is 18.2 Å². The summed E-state index contributed by atoms with van der Waals surface area (Å²) in [6, 6.07) is 5.80. The normalized spacial score (nSPS) is 10.6. The lowest BCUT2D eigenvalue weighted by atomic mass is 10.1. The Labute approximate surface area is 112 Å². The molecule has 0 amide bonds. The van der Waals surface area contributed by atoms with Crippen LogP contribution in [0, 0.1) is 0 Å². The molecular weight excluding hydrogens is 246 g/mol. The summed E-state index contributed by atoms with van der Waals surface area (Å²) in [7, 11) is 0. The molecule has 0 unspecified atom stereocenters. The molecular formula is C14H16ClN3. The van der Waals surface area contributed by atoms with Gasteiger partial charge in [-0.3, -0.25) is 4.98 Å². The van der Waals surface area contributed by atoms with Gasteiger partial charge >= 0.3 is 0 Å². The summed E-state index contributed by atoms with van der Waals surface area (Å²) < 4.78 is 0. The number of rotatable bonds is 4. The Bertz CT molecular complexity index is 540. The molecule has 18 heavy (non-hydrogen) atoms. The highest BCUT2D eigenvalue weighted by Gasteiger charge is 2.10. The van der Waals surface area contributed by atoms with E-state index in [2.05, 4.69) is 28.8 Å². The molecule has 0 saturated heterocycles. The molecule has 0 bridgehead atoms. The van der Waals surface area contributed by atoms with Gasteiger partial charge in [0.25, 0.3) is 0 Å². The molecule has 0 saturated carbocycles. The minimum atomic E-state index is 0.483. The Morgan fingerprint density at radius 1 is 1.22 bits per heavy atom. The molecule has 2 rings (SSSR count). The number of aryl methyl sites for hydroxylation is 2. The minimum Gasteiger partial charge on any atom is -0.253 e. The molecule has 4 heteroatoms. The van der Waals surface area contributed by atoms with Gasteiger partial charge in [0, 0.05) is 11.9 Å². The Morgan fingerprint density at radius 3 is 2.78 bits per heavy atom. The first kappa shape index (κ1) is 13.0. The van der Waals surface area contributed by atoms with Gasteiger partial charge in [0.2, 0.25) is 0 Å². The molecule has 0 N–H and O–H groups in total. The van der Waals surface area contributed by atoms with E-state index in [4.69, 9.17) is 11.6 Å². The van der Waals surface area contributed by atoms with Crippen LogP contribution in [0.15, 0.2) is 24.4 Å². The number of halogens is 1. The molecule has 0 fully saturated rings. The van der Waals surface area contributed by atoms with E-state index in [0.29, 0.717) is 11.0 Å². The van der Waals surface area contributed by atoms with Gasteiger partial charge in [-0.05, 0) is 30.5 Å². The standard InChI is InChI=1S/C14H16ClN3/c1-3-6-11-9-12(15)18-14(17-11)13-10(4-2)7-5-8-16-13/h5,7-9H,3-4,6H2,1-2H3. The number of hydrogen-bond donors (Lipinski definition) is 0. The second-order valence-corrected chi connectivity index (χ2v) is 4.51. The zero-order valence-electron chi connectivity index (χ0n) is 10.7. The van der Waals surface area contributed by atoms with Crippen molar-refractivity contribution < 1.29 is 0 Å². The smallest absolute Gasteiger partial charge is 0.180 e. The number of pyridine rings is 1. The number of hydrogen-bond acceptors (Lipinski definition) is 3. The lowest BCUT2D eigenvalue weighted by Crippen LogP contribution is -2.00. The molecule has 2 aromatic heterocycles. The van der Waals surface area contributed by atoms with Crippen LogP contribution in [0.25, 0.3) is 11.5 Å². The summed E-state index contributed by atoms with van der Waals surface area (Å²) in [6.45, 7) is 4.21. The first-order valence-electron chi connectivity index (χ1n) is 6.22. The molecule has 0 aliphatic rings. The van der Waals surface area contributed by atoms with Crippen LogP contribution in [0.5, 0.6) is 0 Å². The Hall–Kier alpha value is -1.48. The molecule has 2 aromatic rings. The van der Waals surface area contributed by atoms with Crippen LogP contribution in [0.1, 0.15) is 31.5 Å². The lowest BCUT2D eigenvalue weighted by Gasteiger charge is -2.07. The molecule has 3 nitrogen and oxygen atoms in total. The van der Waals surface area contributed by atoms with Crippen molar-refractivity contribution in [3.8, 4) is 11.5 Å². The fourth-order valence-electron chi connectivity index (χ4n) is 1.88. The molecule has 2 heterocycles. The van der Waals surface area contributed by atoms with Gasteiger partial charge in [0.05, 0.1) is 0 Å². The van der Waals surface area contributed by atoms with E-state index in [0.717, 1.165) is 36.2 Å². The van der Waals surface area contributed by atoms with Crippen LogP contribution < -0.4 is 0 Å². The van der Waals surface area contributed by atoms with Crippen molar-refractivity contribution in [1.29, 1.82) is 0 Å². The van der Waals surface area contributed by atoms with Crippen molar-refractivity contribution in [3.05, 3.63) is 40.8 Å². The van der Waals surface area contributed by atoms with Crippen molar-refractivity contribution in [2.24, 2.45) is 0 Å². The van der Waals surface area contributed by atoms with Gasteiger partial charge in [-0.25, -0.2) is 9.97 Å². The van der Waals surface area contributed by atoms with Gasteiger partial charge in [-0.2, -0.15) is 0 Å². The summed E-state index contributed by atoms with van der Waals surface area (Å²) >= 11 is 6.05. The van der Waals surface area contributed by atoms with E-state index in [-0.39, 0.29) is 0 Å². The van der Waals surface area contributed by atoms with E-state index in [1.165, 1.54) is 0 Å². The second-order valence-electron chi connectivity index (χ2n) is 4.12. The Balaban J connectivity index is 2.49. The van der Waals surface area contributed by atoms with Crippen molar-refractivity contribution in [1.82, 2.24) is 15.0 Å². The van der Waals surface area contributed by atoms with Crippen molar-refractivity contribution >= 4 is 11.6 Å². The van der Waals surface area contributed by atoms with Crippen molar-refractivity contribution in [2.45, 2.75) is 33.1 Å². The van der Waals surface area contributed by atoms with Crippen molar-refractivity contribution in [2.75, 3.05) is 0 Å². The average Bonchev–Trinajstić information content (AvgIpc) is 2.38. The van der Waals surface area contributed by atoms with Gasteiger partial charge in [-0.15, -0.1) is 0 Å².